The molecule has 0 atom stereocenters. The van der Waals surface area contributed by atoms with Crippen molar-refractivity contribution in [1.29, 1.82) is 0 Å². The maximum absolute atomic E-state index is 5.59. The fourth-order valence-electron chi connectivity index (χ4n) is 3.23. The van der Waals surface area contributed by atoms with E-state index < -0.39 is 0 Å². The molecule has 0 fully saturated rings. The molecule has 2 aromatic heterocycles. The Bertz CT molecular complexity index is 1050. The van der Waals surface area contributed by atoms with Crippen LogP contribution in [-0.2, 0) is 13.0 Å². The highest BCUT2D eigenvalue weighted by molar-refractivity contribution is 5.64. The van der Waals surface area contributed by atoms with Crippen LogP contribution >= 0.6 is 0 Å². The molecule has 0 amide bonds. The van der Waals surface area contributed by atoms with Gasteiger partial charge in [0.15, 0.2) is 0 Å². The molecule has 0 bridgehead atoms. The number of aromatic nitrogens is 5. The zero-order valence-corrected chi connectivity index (χ0v) is 16.1. The van der Waals surface area contributed by atoms with E-state index in [-0.39, 0.29) is 0 Å². The lowest BCUT2D eigenvalue weighted by molar-refractivity contribution is 0.413. The molecule has 0 radical (unpaired) electrons. The standard InChI is InChI=1S/C22H23N5O/c1-17-14-26(16-23-17)21-11-10-19(13-22(21)28-2)20-15-27(25-24-20)12-6-9-18-7-4-3-5-8-18/h3-5,7-8,10-11,13-16H,6,9,12H2,1-2H3. The van der Waals surface area contributed by atoms with Gasteiger partial charge >= 0.3 is 0 Å². The van der Waals surface area contributed by atoms with Crippen molar-refractivity contribution in [2.75, 3.05) is 7.11 Å². The van der Waals surface area contributed by atoms with Crippen LogP contribution < -0.4 is 4.74 Å². The fourth-order valence-corrected chi connectivity index (χ4v) is 3.23. The molecule has 0 saturated heterocycles. The Morgan fingerprint density at radius 3 is 2.64 bits per heavy atom. The van der Waals surface area contributed by atoms with E-state index in [1.165, 1.54) is 5.56 Å². The number of hydrogen-bond donors (Lipinski definition) is 0. The summed E-state index contributed by atoms with van der Waals surface area (Å²) in [6.07, 6.45) is 7.80. The highest BCUT2D eigenvalue weighted by atomic mass is 16.5. The first kappa shape index (κ1) is 18.0. The van der Waals surface area contributed by atoms with Crippen molar-refractivity contribution in [2.24, 2.45) is 0 Å². The van der Waals surface area contributed by atoms with E-state index in [0.717, 1.165) is 47.8 Å². The smallest absolute Gasteiger partial charge is 0.143 e. The second-order valence-electron chi connectivity index (χ2n) is 6.76. The molecule has 0 saturated carbocycles. The number of methoxy groups -OCH3 is 1. The number of ether oxygens (including phenoxy) is 1. The van der Waals surface area contributed by atoms with E-state index in [9.17, 15) is 0 Å². The van der Waals surface area contributed by atoms with Crippen LogP contribution in [-0.4, -0.2) is 31.7 Å². The van der Waals surface area contributed by atoms with E-state index in [1.54, 1.807) is 13.4 Å². The minimum atomic E-state index is 0.772. The largest absolute Gasteiger partial charge is 0.495 e. The summed E-state index contributed by atoms with van der Waals surface area (Å²) in [7, 11) is 1.67. The fraction of sp³-hybridized carbons (Fsp3) is 0.227. The lowest BCUT2D eigenvalue weighted by Crippen LogP contribution is -2.00. The zero-order valence-electron chi connectivity index (χ0n) is 16.1. The normalized spacial score (nSPS) is 10.9. The van der Waals surface area contributed by atoms with Gasteiger partial charge in [0.2, 0.25) is 0 Å². The van der Waals surface area contributed by atoms with E-state index in [4.69, 9.17) is 4.74 Å². The van der Waals surface area contributed by atoms with Crippen molar-refractivity contribution in [1.82, 2.24) is 24.5 Å². The predicted molar refractivity (Wildman–Crippen MR) is 109 cm³/mol. The highest BCUT2D eigenvalue weighted by Crippen LogP contribution is 2.28. The number of aryl methyl sites for hydroxylation is 3. The Morgan fingerprint density at radius 1 is 1.04 bits per heavy atom. The molecule has 4 aromatic rings. The van der Waals surface area contributed by atoms with E-state index in [1.807, 2.05) is 52.8 Å². The van der Waals surface area contributed by atoms with Crippen LogP contribution in [0.1, 0.15) is 17.7 Å². The summed E-state index contributed by atoms with van der Waals surface area (Å²) in [5, 5.41) is 8.61. The molecule has 142 valence electrons. The van der Waals surface area contributed by atoms with Gasteiger partial charge in [0, 0.05) is 18.3 Å². The SMILES string of the molecule is COc1cc(-c2cn(CCCc3ccccc3)nn2)ccc1-n1cnc(C)c1. The molecule has 0 spiro atoms. The van der Waals surface area contributed by atoms with Crippen LogP contribution in [0.25, 0.3) is 16.9 Å². The highest BCUT2D eigenvalue weighted by Gasteiger charge is 2.11. The Balaban J connectivity index is 1.47. The van der Waals surface area contributed by atoms with Gasteiger partial charge in [-0.3, -0.25) is 4.68 Å². The van der Waals surface area contributed by atoms with Crippen molar-refractivity contribution < 1.29 is 4.74 Å². The van der Waals surface area contributed by atoms with Gasteiger partial charge in [-0.2, -0.15) is 0 Å². The summed E-state index contributed by atoms with van der Waals surface area (Å²) < 4.78 is 9.45. The van der Waals surface area contributed by atoms with Gasteiger partial charge in [-0.05, 0) is 37.5 Å². The van der Waals surface area contributed by atoms with Gasteiger partial charge in [-0.15, -0.1) is 5.10 Å². The monoisotopic (exact) mass is 373 g/mol. The topological polar surface area (TPSA) is 57.8 Å². The minimum absolute atomic E-state index is 0.772. The van der Waals surface area contributed by atoms with Crippen molar-refractivity contribution in [3.8, 4) is 22.7 Å². The lowest BCUT2D eigenvalue weighted by Gasteiger charge is -2.10. The average Bonchev–Trinajstić information content (AvgIpc) is 3.37. The first-order valence-electron chi connectivity index (χ1n) is 9.36. The van der Waals surface area contributed by atoms with Gasteiger partial charge in [0.05, 0.1) is 31.0 Å². The molecule has 0 N–H and O–H groups in total. The maximum atomic E-state index is 5.59. The summed E-state index contributed by atoms with van der Waals surface area (Å²) in [4.78, 5) is 4.28. The first-order valence-corrected chi connectivity index (χ1v) is 9.36. The van der Waals surface area contributed by atoms with Crippen molar-refractivity contribution in [3.05, 3.63) is 78.5 Å². The van der Waals surface area contributed by atoms with E-state index >= 15 is 0 Å². The number of nitrogens with zero attached hydrogens (tertiary/aromatic N) is 5. The lowest BCUT2D eigenvalue weighted by atomic mass is 10.1. The van der Waals surface area contributed by atoms with Gasteiger partial charge in [-0.25, -0.2) is 4.98 Å². The van der Waals surface area contributed by atoms with Crippen LogP contribution in [0, 0.1) is 6.92 Å². The van der Waals surface area contributed by atoms with Gasteiger partial charge < -0.3 is 9.30 Å². The molecule has 2 aromatic carbocycles. The van der Waals surface area contributed by atoms with Crippen LogP contribution in [0.4, 0.5) is 0 Å². The molecule has 2 heterocycles. The molecule has 0 aliphatic rings. The summed E-state index contributed by atoms with van der Waals surface area (Å²) in [5.74, 6) is 0.772. The molecule has 0 aliphatic heterocycles. The second kappa shape index (κ2) is 8.08. The Hall–Kier alpha value is -3.41. The summed E-state index contributed by atoms with van der Waals surface area (Å²) in [6.45, 7) is 2.80. The third-order valence-corrected chi connectivity index (χ3v) is 4.70. The maximum Gasteiger partial charge on any atom is 0.143 e. The molecule has 28 heavy (non-hydrogen) atoms. The molecule has 6 heteroatoms. The Labute approximate surface area is 164 Å². The number of benzene rings is 2. The molecule has 0 unspecified atom stereocenters. The quantitative estimate of drug-likeness (QED) is 0.490. The van der Waals surface area contributed by atoms with Crippen molar-refractivity contribution >= 4 is 0 Å². The van der Waals surface area contributed by atoms with Crippen molar-refractivity contribution in [2.45, 2.75) is 26.3 Å². The third-order valence-electron chi connectivity index (χ3n) is 4.70. The zero-order chi connectivity index (χ0) is 19.3. The number of rotatable bonds is 7. The van der Waals surface area contributed by atoms with Gasteiger partial charge in [0.25, 0.3) is 0 Å². The van der Waals surface area contributed by atoms with Crippen LogP contribution in [0.15, 0.2) is 67.3 Å². The molecular formula is C22H23N5O. The van der Waals surface area contributed by atoms with Gasteiger partial charge in [0.1, 0.15) is 11.4 Å². The van der Waals surface area contributed by atoms with Crippen LogP contribution in [0.2, 0.25) is 0 Å². The van der Waals surface area contributed by atoms with Crippen molar-refractivity contribution in [3.63, 3.8) is 0 Å². The number of hydrogen-bond acceptors (Lipinski definition) is 4. The summed E-state index contributed by atoms with van der Waals surface area (Å²) in [6, 6.07) is 16.5. The molecule has 6 nitrogen and oxygen atoms in total. The second-order valence-corrected chi connectivity index (χ2v) is 6.76. The number of imidazole rings is 1. The van der Waals surface area contributed by atoms with Gasteiger partial charge in [-0.1, -0.05) is 41.6 Å². The van der Waals surface area contributed by atoms with Crippen LogP contribution in [0.3, 0.4) is 0 Å². The van der Waals surface area contributed by atoms with Crippen LogP contribution in [0.5, 0.6) is 5.75 Å². The Kier molecular flexibility index (Phi) is 5.19. The predicted octanol–water partition coefficient (Wildman–Crippen LogP) is 4.08. The molecule has 4 rings (SSSR count). The Morgan fingerprint density at radius 2 is 1.89 bits per heavy atom. The van der Waals surface area contributed by atoms with E-state index in [0.29, 0.717) is 0 Å². The molecule has 0 aliphatic carbocycles. The molecular weight excluding hydrogens is 350 g/mol. The first-order chi connectivity index (χ1) is 13.7. The minimum Gasteiger partial charge on any atom is -0.495 e. The summed E-state index contributed by atoms with van der Waals surface area (Å²) in [5.41, 5.74) is 5.07. The third kappa shape index (κ3) is 3.96. The average molecular weight is 373 g/mol. The summed E-state index contributed by atoms with van der Waals surface area (Å²) >= 11 is 0. The van der Waals surface area contributed by atoms with E-state index in [2.05, 4.69) is 39.6 Å².